The van der Waals surface area contributed by atoms with E-state index < -0.39 is 30.1 Å². The molecule has 0 radical (unpaired) electrons. The van der Waals surface area contributed by atoms with Crippen LogP contribution in [0.1, 0.15) is 101 Å². The predicted molar refractivity (Wildman–Crippen MR) is 171 cm³/mol. The van der Waals surface area contributed by atoms with Gasteiger partial charge in [0.05, 0.1) is 23.9 Å². The van der Waals surface area contributed by atoms with Crippen LogP contribution in [-0.4, -0.2) is 65.9 Å². The Morgan fingerprint density at radius 3 is 2.50 bits per heavy atom. The number of carbonyl (C=O) groups excluding carboxylic acids is 2. The minimum absolute atomic E-state index is 0.0240. The number of allylic oxidation sites excluding steroid dienone is 1. The Hall–Kier alpha value is -2.52. The molecule has 46 heavy (non-hydrogen) atoms. The lowest BCUT2D eigenvalue weighted by Crippen LogP contribution is -2.45. The van der Waals surface area contributed by atoms with Crippen molar-refractivity contribution in [1.82, 2.24) is 5.32 Å². The number of hydrogen-bond acceptors (Lipinski definition) is 7. The molecule has 2 heterocycles. The lowest BCUT2D eigenvalue weighted by Gasteiger charge is -2.53. The van der Waals surface area contributed by atoms with Crippen molar-refractivity contribution in [2.75, 3.05) is 13.2 Å². The molecular formula is C38H49NO7. The van der Waals surface area contributed by atoms with Crippen molar-refractivity contribution in [2.45, 2.75) is 121 Å². The summed E-state index contributed by atoms with van der Waals surface area (Å²) >= 11 is 0. The molecule has 6 fully saturated rings. The first-order chi connectivity index (χ1) is 22.1. The zero-order valence-corrected chi connectivity index (χ0v) is 27.5. The summed E-state index contributed by atoms with van der Waals surface area (Å²) in [5.74, 6) is 0.498. The van der Waals surface area contributed by atoms with Crippen LogP contribution in [0.2, 0.25) is 0 Å². The minimum atomic E-state index is -0.663. The summed E-state index contributed by atoms with van der Waals surface area (Å²) in [6.07, 6.45) is 12.8. The number of esters is 1. The molecule has 1 amide bonds. The summed E-state index contributed by atoms with van der Waals surface area (Å²) in [6, 6.07) is 7.74. The number of fused-ring (bicyclic) bond motifs is 3. The van der Waals surface area contributed by atoms with Gasteiger partial charge in [-0.1, -0.05) is 43.7 Å². The van der Waals surface area contributed by atoms with Crippen molar-refractivity contribution in [3.05, 3.63) is 52.6 Å². The van der Waals surface area contributed by atoms with E-state index >= 15 is 0 Å². The monoisotopic (exact) mass is 631 g/mol. The van der Waals surface area contributed by atoms with Gasteiger partial charge >= 0.3 is 5.97 Å². The van der Waals surface area contributed by atoms with E-state index in [0.29, 0.717) is 46.3 Å². The third-order valence-electron chi connectivity index (χ3n) is 12.3. The van der Waals surface area contributed by atoms with Gasteiger partial charge in [0.1, 0.15) is 18.3 Å². The normalized spacial score (nSPS) is 38.1. The summed E-state index contributed by atoms with van der Waals surface area (Å²) in [5.41, 5.74) is 3.66. The Morgan fingerprint density at radius 1 is 1.02 bits per heavy atom. The molecule has 1 aromatic carbocycles. The highest BCUT2D eigenvalue weighted by molar-refractivity contribution is 5.95. The first-order valence-electron chi connectivity index (χ1n) is 17.7. The maximum absolute atomic E-state index is 14.1. The molecule has 2 saturated heterocycles. The number of aliphatic hydroxyl groups excluding tert-OH is 1. The SMILES string of the molecule is CC1(C)C[C@@H]2C(=Cc3ccccc3C(=O)O[C@@H]3CC(C(=O)NCCO)=C[C@H]4OC(C5CC5)(C5CC5)O[C@H]43)CCC3O[C@]3(C)CC[C@H]21. The van der Waals surface area contributed by atoms with Gasteiger partial charge in [-0.3, -0.25) is 4.79 Å². The second-order valence-electron chi connectivity index (χ2n) is 16.0. The summed E-state index contributed by atoms with van der Waals surface area (Å²) in [7, 11) is 0. The van der Waals surface area contributed by atoms with E-state index in [4.69, 9.17) is 18.9 Å². The standard InChI is InChI=1S/C38H49NO7/c1-36(2)21-28-23(8-13-32-37(3,45-32)15-14-29(28)36)18-22-6-4-5-7-27(22)35(42)43-30-19-24(34(41)39-16-17-40)20-31-33(30)46-38(44-31,25-9-10-25)26-11-12-26/h4-7,18,20,25-26,28-33,40H,8-17,19,21H2,1-3H3,(H,39,41)/t28-,29-,30-,31-,32?,33+,37-/m1/s1. The van der Waals surface area contributed by atoms with Crippen molar-refractivity contribution < 1.29 is 33.6 Å². The van der Waals surface area contributed by atoms with Crippen molar-refractivity contribution >= 4 is 18.0 Å². The van der Waals surface area contributed by atoms with E-state index in [1.807, 2.05) is 30.3 Å². The maximum Gasteiger partial charge on any atom is 0.339 e. The highest BCUT2D eigenvalue weighted by Crippen LogP contribution is 2.61. The number of benzene rings is 1. The van der Waals surface area contributed by atoms with Crippen LogP contribution < -0.4 is 5.32 Å². The van der Waals surface area contributed by atoms with Crippen LogP contribution in [0.15, 0.2) is 41.5 Å². The molecule has 8 rings (SSSR count). The molecule has 2 aliphatic heterocycles. The number of rotatable bonds is 8. The fourth-order valence-corrected chi connectivity index (χ4v) is 9.27. The number of nitrogens with one attached hydrogen (secondary N) is 1. The summed E-state index contributed by atoms with van der Waals surface area (Å²) in [6.45, 7) is 7.07. The first kappa shape index (κ1) is 30.8. The Bertz CT molecular complexity index is 1440. The number of carbonyl (C=O) groups is 2. The molecule has 0 aromatic heterocycles. The van der Waals surface area contributed by atoms with E-state index in [2.05, 4.69) is 32.2 Å². The number of ether oxygens (including phenoxy) is 4. The molecule has 1 aromatic rings. The molecule has 8 nitrogen and oxygen atoms in total. The Labute approximate surface area is 272 Å². The topological polar surface area (TPSA) is 107 Å². The van der Waals surface area contributed by atoms with E-state index in [1.165, 1.54) is 12.0 Å². The Balaban J connectivity index is 1.06. The third kappa shape index (κ3) is 5.47. The molecule has 1 unspecified atom stereocenters. The fourth-order valence-electron chi connectivity index (χ4n) is 9.27. The van der Waals surface area contributed by atoms with Crippen molar-refractivity contribution in [3.63, 3.8) is 0 Å². The van der Waals surface area contributed by atoms with Gasteiger partial charge in [0, 0.05) is 30.4 Å². The molecule has 7 aliphatic rings. The largest absolute Gasteiger partial charge is 0.456 e. The van der Waals surface area contributed by atoms with Gasteiger partial charge in [-0.25, -0.2) is 4.79 Å². The Morgan fingerprint density at radius 2 is 1.78 bits per heavy atom. The molecule has 0 spiro atoms. The van der Waals surface area contributed by atoms with Crippen LogP contribution >= 0.6 is 0 Å². The molecule has 5 aliphatic carbocycles. The lowest BCUT2D eigenvalue weighted by molar-refractivity contribution is -0.209. The van der Waals surface area contributed by atoms with Gasteiger partial charge in [0.25, 0.3) is 0 Å². The van der Waals surface area contributed by atoms with E-state index in [0.717, 1.165) is 56.9 Å². The molecule has 2 N–H and O–H groups in total. The first-order valence-corrected chi connectivity index (χ1v) is 17.7. The van der Waals surface area contributed by atoms with Crippen LogP contribution in [0.4, 0.5) is 0 Å². The lowest BCUT2D eigenvalue weighted by atomic mass is 9.52. The maximum atomic E-state index is 14.1. The molecule has 248 valence electrons. The van der Waals surface area contributed by atoms with Gasteiger partial charge in [0.2, 0.25) is 5.91 Å². The van der Waals surface area contributed by atoms with Crippen LogP contribution in [0.3, 0.4) is 0 Å². The number of amides is 1. The number of epoxide rings is 1. The molecule has 0 bridgehead atoms. The van der Waals surface area contributed by atoms with Gasteiger partial charge in [0.15, 0.2) is 5.79 Å². The zero-order valence-electron chi connectivity index (χ0n) is 27.5. The average Bonchev–Trinajstić information content (AvgIpc) is 3.93. The highest BCUT2D eigenvalue weighted by Gasteiger charge is 2.64. The summed E-state index contributed by atoms with van der Waals surface area (Å²) < 4.78 is 26.0. The number of hydrogen-bond donors (Lipinski definition) is 2. The van der Waals surface area contributed by atoms with E-state index in [1.54, 1.807) is 0 Å². The van der Waals surface area contributed by atoms with Crippen molar-refractivity contribution in [1.29, 1.82) is 0 Å². The van der Waals surface area contributed by atoms with E-state index in [-0.39, 0.29) is 31.1 Å². The molecule has 8 heteroatoms. The van der Waals surface area contributed by atoms with Crippen LogP contribution in [0.25, 0.3) is 6.08 Å². The summed E-state index contributed by atoms with van der Waals surface area (Å²) in [5, 5.41) is 12.0. The third-order valence-corrected chi connectivity index (χ3v) is 12.3. The molecule has 4 saturated carbocycles. The average molecular weight is 632 g/mol. The molecular weight excluding hydrogens is 582 g/mol. The van der Waals surface area contributed by atoms with Gasteiger partial charge in [-0.05, 0) is 99.7 Å². The Kier molecular flexibility index (Phi) is 7.55. The predicted octanol–water partition coefficient (Wildman–Crippen LogP) is 5.73. The zero-order chi connectivity index (χ0) is 31.8. The van der Waals surface area contributed by atoms with Crippen molar-refractivity contribution in [2.24, 2.45) is 29.1 Å². The second kappa shape index (κ2) is 11.3. The van der Waals surface area contributed by atoms with E-state index in [9.17, 15) is 14.7 Å². The van der Waals surface area contributed by atoms with Crippen LogP contribution in [0.5, 0.6) is 0 Å². The van der Waals surface area contributed by atoms with Crippen LogP contribution in [-0.2, 0) is 23.7 Å². The second-order valence-corrected chi connectivity index (χ2v) is 16.0. The highest BCUT2D eigenvalue weighted by atomic mass is 16.8. The van der Waals surface area contributed by atoms with Crippen molar-refractivity contribution in [3.8, 4) is 0 Å². The quantitative estimate of drug-likeness (QED) is 0.279. The van der Waals surface area contributed by atoms with Gasteiger partial charge in [-0.2, -0.15) is 0 Å². The molecule has 7 atom stereocenters. The minimum Gasteiger partial charge on any atom is -0.456 e. The van der Waals surface area contributed by atoms with Gasteiger partial charge in [-0.15, -0.1) is 0 Å². The number of aliphatic hydroxyl groups is 1. The van der Waals surface area contributed by atoms with Crippen LogP contribution in [0, 0.1) is 29.1 Å². The fraction of sp³-hybridized carbons (Fsp3) is 0.684. The smallest absolute Gasteiger partial charge is 0.339 e. The summed E-state index contributed by atoms with van der Waals surface area (Å²) in [4.78, 5) is 27.2. The van der Waals surface area contributed by atoms with Gasteiger partial charge < -0.3 is 29.4 Å².